The summed E-state index contributed by atoms with van der Waals surface area (Å²) in [5, 5.41) is 15.9. The smallest absolute Gasteiger partial charge is 0.414 e. The van der Waals surface area contributed by atoms with E-state index in [0.717, 1.165) is 51.6 Å². The lowest BCUT2D eigenvalue weighted by molar-refractivity contribution is -0.124. The molecule has 4 aliphatic rings. The van der Waals surface area contributed by atoms with E-state index in [2.05, 4.69) is 21.6 Å². The van der Waals surface area contributed by atoms with E-state index in [4.69, 9.17) is 19.2 Å². The van der Waals surface area contributed by atoms with Gasteiger partial charge in [0, 0.05) is 32.8 Å². The fraction of sp³-hybridized carbons (Fsp3) is 0.852. The number of nitriles is 1. The van der Waals surface area contributed by atoms with Crippen LogP contribution in [-0.2, 0) is 19.0 Å². The number of aliphatic imine (C=N–C) groups is 1. The molecule has 2 N–H and O–H groups in total. The zero-order valence-electron chi connectivity index (χ0n) is 22.8. The molecule has 0 spiro atoms. The van der Waals surface area contributed by atoms with E-state index in [0.29, 0.717) is 64.1 Å². The molecule has 0 unspecified atom stereocenters. The van der Waals surface area contributed by atoms with Crippen molar-refractivity contribution in [3.8, 4) is 6.07 Å². The quantitative estimate of drug-likeness (QED) is 0.377. The Morgan fingerprint density at radius 2 is 1.82 bits per heavy atom. The van der Waals surface area contributed by atoms with Crippen molar-refractivity contribution in [2.75, 3.05) is 59.7 Å². The number of nitrogens with one attached hydrogen (secondary N) is 2. The molecule has 3 saturated heterocycles. The van der Waals surface area contributed by atoms with Crippen LogP contribution >= 0.6 is 0 Å². The van der Waals surface area contributed by atoms with Gasteiger partial charge in [0.25, 0.3) is 0 Å². The van der Waals surface area contributed by atoms with Crippen LogP contribution in [0.3, 0.4) is 0 Å². The van der Waals surface area contributed by atoms with E-state index in [9.17, 15) is 14.9 Å². The summed E-state index contributed by atoms with van der Waals surface area (Å²) >= 11 is 0. The lowest BCUT2D eigenvalue weighted by Crippen LogP contribution is -2.56. The van der Waals surface area contributed by atoms with Crippen LogP contribution in [0.5, 0.6) is 0 Å². The van der Waals surface area contributed by atoms with Gasteiger partial charge in [-0.3, -0.25) is 10.1 Å². The molecule has 4 fully saturated rings. The number of carbonyl (C=O) groups is 2. The molecule has 0 aromatic heterocycles. The van der Waals surface area contributed by atoms with Gasteiger partial charge in [-0.2, -0.15) is 5.26 Å². The molecule has 11 heteroatoms. The Labute approximate surface area is 226 Å². The highest BCUT2D eigenvalue weighted by Crippen LogP contribution is 2.29. The summed E-state index contributed by atoms with van der Waals surface area (Å²) < 4.78 is 16.5. The SMILES string of the molecule is CN1CCC(C#N)(NC(=O)[C@H](CC2CCCCC2)N=C(NC(=O)OC[C@@H]2CCCO2)N2CCOCC2)CC1. The number of piperidine rings is 1. The first-order chi connectivity index (χ1) is 18.5. The second-order valence-electron chi connectivity index (χ2n) is 11.2. The van der Waals surface area contributed by atoms with Gasteiger partial charge in [-0.05, 0) is 45.1 Å². The van der Waals surface area contributed by atoms with Crippen LogP contribution in [-0.4, -0.2) is 105 Å². The number of hydrogen-bond donors (Lipinski definition) is 2. The second-order valence-corrected chi connectivity index (χ2v) is 11.2. The number of rotatable bonds is 7. The third kappa shape index (κ3) is 8.29. The third-order valence-electron chi connectivity index (χ3n) is 8.23. The molecule has 3 aliphatic heterocycles. The highest BCUT2D eigenvalue weighted by Gasteiger charge is 2.38. The first kappa shape index (κ1) is 28.6. The first-order valence-electron chi connectivity index (χ1n) is 14.3. The fourth-order valence-corrected chi connectivity index (χ4v) is 5.73. The van der Waals surface area contributed by atoms with Crippen LogP contribution in [0.4, 0.5) is 4.79 Å². The molecule has 2 atom stereocenters. The Balaban J connectivity index is 1.51. The van der Waals surface area contributed by atoms with Gasteiger partial charge in [-0.15, -0.1) is 0 Å². The molecule has 1 saturated carbocycles. The maximum Gasteiger partial charge on any atom is 0.414 e. The summed E-state index contributed by atoms with van der Waals surface area (Å²) in [6.45, 7) is 4.51. The molecule has 0 radical (unpaired) electrons. The van der Waals surface area contributed by atoms with Crippen LogP contribution in [0.2, 0.25) is 0 Å². The van der Waals surface area contributed by atoms with Gasteiger partial charge in [0.1, 0.15) is 18.2 Å². The number of nitrogens with zero attached hydrogens (tertiary/aromatic N) is 4. The predicted octanol–water partition coefficient (Wildman–Crippen LogP) is 2.02. The Hall–Kier alpha value is -2.42. The average Bonchev–Trinajstić information content (AvgIpc) is 3.47. The summed E-state index contributed by atoms with van der Waals surface area (Å²) in [7, 11) is 2.03. The highest BCUT2D eigenvalue weighted by molar-refractivity contribution is 5.96. The summed E-state index contributed by atoms with van der Waals surface area (Å²) in [6, 6.07) is 1.68. The summed E-state index contributed by atoms with van der Waals surface area (Å²) in [5.41, 5.74) is -0.892. The van der Waals surface area contributed by atoms with Crippen LogP contribution in [0, 0.1) is 17.2 Å². The van der Waals surface area contributed by atoms with Crippen LogP contribution in [0.15, 0.2) is 4.99 Å². The molecule has 0 aromatic carbocycles. The predicted molar refractivity (Wildman–Crippen MR) is 141 cm³/mol. The Kier molecular flexibility index (Phi) is 10.6. The van der Waals surface area contributed by atoms with Crippen molar-refractivity contribution in [3.05, 3.63) is 0 Å². The van der Waals surface area contributed by atoms with E-state index in [-0.39, 0.29) is 18.6 Å². The molecular weight excluding hydrogens is 488 g/mol. The van der Waals surface area contributed by atoms with E-state index in [1.165, 1.54) is 6.42 Å². The van der Waals surface area contributed by atoms with Gasteiger partial charge < -0.3 is 29.3 Å². The Morgan fingerprint density at radius 3 is 2.47 bits per heavy atom. The van der Waals surface area contributed by atoms with Gasteiger partial charge in [0.15, 0.2) is 0 Å². The van der Waals surface area contributed by atoms with E-state index >= 15 is 0 Å². The molecule has 0 bridgehead atoms. The minimum atomic E-state index is -0.892. The van der Waals surface area contributed by atoms with Crippen molar-refractivity contribution in [2.24, 2.45) is 10.9 Å². The van der Waals surface area contributed by atoms with E-state index < -0.39 is 17.7 Å². The van der Waals surface area contributed by atoms with Crippen molar-refractivity contribution < 1.29 is 23.8 Å². The average molecular weight is 533 g/mol. The van der Waals surface area contributed by atoms with Crippen molar-refractivity contribution in [3.63, 3.8) is 0 Å². The lowest BCUT2D eigenvalue weighted by Gasteiger charge is -2.37. The molecule has 4 rings (SSSR count). The van der Waals surface area contributed by atoms with Crippen molar-refractivity contribution in [1.29, 1.82) is 5.26 Å². The third-order valence-corrected chi connectivity index (χ3v) is 8.23. The summed E-state index contributed by atoms with van der Waals surface area (Å²) in [4.78, 5) is 35.5. The largest absolute Gasteiger partial charge is 0.446 e. The normalized spacial score (nSPS) is 25.8. The van der Waals surface area contributed by atoms with Crippen LogP contribution < -0.4 is 10.6 Å². The molecule has 3 heterocycles. The maximum absolute atomic E-state index is 13.7. The molecule has 2 amide bonds. The fourth-order valence-electron chi connectivity index (χ4n) is 5.73. The van der Waals surface area contributed by atoms with Crippen molar-refractivity contribution in [2.45, 2.75) is 81.9 Å². The van der Waals surface area contributed by atoms with Gasteiger partial charge >= 0.3 is 6.09 Å². The molecule has 38 heavy (non-hydrogen) atoms. The zero-order chi connectivity index (χ0) is 26.8. The Bertz CT molecular complexity index is 851. The maximum atomic E-state index is 13.7. The highest BCUT2D eigenvalue weighted by atomic mass is 16.6. The molecule has 11 nitrogen and oxygen atoms in total. The summed E-state index contributed by atoms with van der Waals surface area (Å²) in [5.74, 6) is 0.467. The zero-order valence-corrected chi connectivity index (χ0v) is 22.8. The van der Waals surface area contributed by atoms with Crippen molar-refractivity contribution >= 4 is 18.0 Å². The number of carbonyl (C=O) groups excluding carboxylic acids is 2. The molecular formula is C27H44N6O5. The number of morpholine rings is 1. The Morgan fingerprint density at radius 1 is 1.08 bits per heavy atom. The minimum Gasteiger partial charge on any atom is -0.446 e. The molecule has 0 aromatic rings. The number of ether oxygens (including phenoxy) is 3. The number of amides is 2. The van der Waals surface area contributed by atoms with E-state index in [1.54, 1.807) is 0 Å². The van der Waals surface area contributed by atoms with Crippen molar-refractivity contribution in [1.82, 2.24) is 20.4 Å². The number of guanidine groups is 1. The molecule has 1 aliphatic carbocycles. The minimum absolute atomic E-state index is 0.0777. The number of alkyl carbamates (subject to hydrolysis) is 1. The number of likely N-dealkylation sites (tertiary alicyclic amines) is 1. The first-order valence-corrected chi connectivity index (χ1v) is 14.3. The monoisotopic (exact) mass is 532 g/mol. The second kappa shape index (κ2) is 14.1. The van der Waals surface area contributed by atoms with Crippen LogP contribution in [0.25, 0.3) is 0 Å². The standard InChI is InChI=1S/C27H44N6O5/c1-32-11-9-27(20-28,10-12-32)31-24(34)23(18-21-6-3-2-4-7-21)29-25(33-13-16-36-17-14-33)30-26(35)38-19-22-8-5-15-37-22/h21-23H,2-19H2,1H3,(H,31,34)(H,29,30,35)/t22-,23-/m0/s1. The van der Waals surface area contributed by atoms with Gasteiger partial charge in [-0.25, -0.2) is 9.79 Å². The van der Waals surface area contributed by atoms with Gasteiger partial charge in [0.05, 0.1) is 25.4 Å². The number of hydrogen-bond acceptors (Lipinski definition) is 8. The van der Waals surface area contributed by atoms with E-state index in [1.807, 2.05) is 11.9 Å². The summed E-state index contributed by atoms with van der Waals surface area (Å²) in [6.07, 6.45) is 8.57. The van der Waals surface area contributed by atoms with Gasteiger partial charge in [-0.1, -0.05) is 32.1 Å². The van der Waals surface area contributed by atoms with Crippen LogP contribution in [0.1, 0.15) is 64.2 Å². The topological polar surface area (TPSA) is 129 Å². The van der Waals surface area contributed by atoms with Gasteiger partial charge in [0.2, 0.25) is 11.9 Å². The molecule has 212 valence electrons. The lowest BCUT2D eigenvalue weighted by atomic mass is 9.84.